The highest BCUT2D eigenvalue weighted by atomic mass is 16.1. The van der Waals surface area contributed by atoms with Crippen LogP contribution in [0.4, 0.5) is 0 Å². The van der Waals surface area contributed by atoms with Gasteiger partial charge in [0.05, 0.1) is 6.54 Å². The lowest BCUT2D eigenvalue weighted by Crippen LogP contribution is -2.23. The van der Waals surface area contributed by atoms with Crippen molar-refractivity contribution in [3.63, 3.8) is 0 Å². The van der Waals surface area contributed by atoms with Gasteiger partial charge in [-0.25, -0.2) is 0 Å². The van der Waals surface area contributed by atoms with E-state index in [0.29, 0.717) is 12.3 Å². The standard InChI is InChI=1S/C13H25NO/c15-13-10-8-6-4-2-1-3-5-7-9-11-14-12-13/h14H,1-12H2. The average molecular weight is 211 g/mol. The Balaban J connectivity index is 2.13. The maximum absolute atomic E-state index is 11.4. The maximum atomic E-state index is 11.4. The molecule has 0 aromatic carbocycles. The molecule has 1 rings (SSSR count). The molecule has 0 atom stereocenters. The summed E-state index contributed by atoms with van der Waals surface area (Å²) < 4.78 is 0. The number of nitrogens with one attached hydrogen (secondary N) is 1. The Bertz CT molecular complexity index is 152. The van der Waals surface area contributed by atoms with E-state index in [9.17, 15) is 4.79 Å². The molecule has 0 aromatic rings. The average Bonchev–Trinajstić information content (AvgIpc) is 2.24. The van der Waals surface area contributed by atoms with Crippen LogP contribution < -0.4 is 5.32 Å². The Morgan fingerprint density at radius 2 is 1.27 bits per heavy atom. The molecule has 1 aliphatic heterocycles. The summed E-state index contributed by atoms with van der Waals surface area (Å²) in [7, 11) is 0. The number of Topliss-reactive ketones (excluding diaryl/α,β-unsaturated/α-hetero) is 1. The third-order valence-electron chi connectivity index (χ3n) is 3.13. The Labute approximate surface area is 93.8 Å². The summed E-state index contributed by atoms with van der Waals surface area (Å²) in [4.78, 5) is 11.4. The minimum Gasteiger partial charge on any atom is -0.310 e. The van der Waals surface area contributed by atoms with Crippen LogP contribution in [-0.4, -0.2) is 18.9 Å². The van der Waals surface area contributed by atoms with E-state index in [0.717, 1.165) is 19.4 Å². The van der Waals surface area contributed by atoms with Crippen molar-refractivity contribution in [2.75, 3.05) is 13.1 Å². The first kappa shape index (κ1) is 12.7. The molecule has 1 fully saturated rings. The Hall–Kier alpha value is -0.370. The SMILES string of the molecule is O=C1CCCCCCCCCCCNC1. The fourth-order valence-electron chi connectivity index (χ4n) is 2.13. The molecule has 1 heterocycles. The molecule has 0 aliphatic carbocycles. The van der Waals surface area contributed by atoms with Gasteiger partial charge < -0.3 is 5.32 Å². The largest absolute Gasteiger partial charge is 0.310 e. The highest BCUT2D eigenvalue weighted by molar-refractivity contribution is 5.80. The summed E-state index contributed by atoms with van der Waals surface area (Å²) in [5, 5.41) is 3.24. The predicted octanol–water partition coefficient (Wildman–Crippen LogP) is 3.06. The van der Waals surface area contributed by atoms with Crippen molar-refractivity contribution in [2.24, 2.45) is 0 Å². The zero-order chi connectivity index (χ0) is 10.8. The van der Waals surface area contributed by atoms with Crippen LogP contribution in [0.1, 0.15) is 64.2 Å². The topological polar surface area (TPSA) is 29.1 Å². The summed E-state index contributed by atoms with van der Waals surface area (Å²) in [6.45, 7) is 1.62. The van der Waals surface area contributed by atoms with E-state index in [4.69, 9.17) is 0 Å². The molecule has 0 aromatic heterocycles. The first-order valence-electron chi connectivity index (χ1n) is 6.62. The van der Waals surface area contributed by atoms with Crippen LogP contribution in [0.15, 0.2) is 0 Å². The van der Waals surface area contributed by atoms with Crippen LogP contribution in [0.3, 0.4) is 0 Å². The molecular weight excluding hydrogens is 186 g/mol. The second-order valence-corrected chi connectivity index (χ2v) is 4.65. The normalized spacial score (nSPS) is 23.3. The molecule has 0 amide bonds. The summed E-state index contributed by atoms with van der Waals surface area (Å²) >= 11 is 0. The zero-order valence-corrected chi connectivity index (χ0v) is 9.89. The molecule has 0 spiro atoms. The molecule has 15 heavy (non-hydrogen) atoms. The first-order chi connectivity index (χ1) is 7.39. The van der Waals surface area contributed by atoms with E-state index in [2.05, 4.69) is 5.32 Å². The third-order valence-corrected chi connectivity index (χ3v) is 3.13. The quantitative estimate of drug-likeness (QED) is 0.667. The smallest absolute Gasteiger partial charge is 0.146 e. The van der Waals surface area contributed by atoms with Crippen molar-refractivity contribution in [3.8, 4) is 0 Å². The van der Waals surface area contributed by atoms with Crippen LogP contribution in [0.2, 0.25) is 0 Å². The van der Waals surface area contributed by atoms with E-state index in [-0.39, 0.29) is 0 Å². The van der Waals surface area contributed by atoms with Gasteiger partial charge in [0.1, 0.15) is 5.78 Å². The molecule has 2 heteroatoms. The van der Waals surface area contributed by atoms with Gasteiger partial charge in [0.2, 0.25) is 0 Å². The van der Waals surface area contributed by atoms with E-state index < -0.39 is 0 Å². The number of carbonyl (C=O) groups is 1. The molecule has 88 valence electrons. The summed E-state index contributed by atoms with van der Waals surface area (Å²) in [5.41, 5.74) is 0. The number of rotatable bonds is 0. The van der Waals surface area contributed by atoms with Crippen molar-refractivity contribution in [3.05, 3.63) is 0 Å². The minimum atomic E-state index is 0.395. The second kappa shape index (κ2) is 8.90. The third kappa shape index (κ3) is 7.55. The fourth-order valence-corrected chi connectivity index (χ4v) is 2.13. The van der Waals surface area contributed by atoms with Gasteiger partial charge in [-0.15, -0.1) is 0 Å². The van der Waals surface area contributed by atoms with Crippen LogP contribution in [0, 0.1) is 0 Å². The van der Waals surface area contributed by atoms with Gasteiger partial charge in [-0.05, 0) is 19.4 Å². The first-order valence-corrected chi connectivity index (χ1v) is 6.62. The molecule has 0 radical (unpaired) electrons. The molecule has 0 bridgehead atoms. The lowest BCUT2D eigenvalue weighted by atomic mass is 10.0. The van der Waals surface area contributed by atoms with Gasteiger partial charge in [-0.3, -0.25) is 4.79 Å². The summed E-state index contributed by atoms with van der Waals surface area (Å²) in [5.74, 6) is 0.395. The van der Waals surface area contributed by atoms with Gasteiger partial charge >= 0.3 is 0 Å². The molecule has 2 nitrogen and oxygen atoms in total. The number of carbonyl (C=O) groups excluding carboxylic acids is 1. The van der Waals surface area contributed by atoms with E-state index in [1.54, 1.807) is 0 Å². The Morgan fingerprint density at radius 3 is 1.93 bits per heavy atom. The van der Waals surface area contributed by atoms with Crippen molar-refractivity contribution in [2.45, 2.75) is 64.2 Å². The van der Waals surface area contributed by atoms with Crippen molar-refractivity contribution < 1.29 is 4.79 Å². The molecule has 0 saturated carbocycles. The van der Waals surface area contributed by atoms with Gasteiger partial charge in [0.15, 0.2) is 0 Å². The van der Waals surface area contributed by atoms with Crippen molar-refractivity contribution in [1.82, 2.24) is 5.32 Å². The highest BCUT2D eigenvalue weighted by Gasteiger charge is 2.01. The molecular formula is C13H25NO. The predicted molar refractivity (Wildman–Crippen MR) is 64.0 cm³/mol. The maximum Gasteiger partial charge on any atom is 0.146 e. The Kier molecular flexibility index (Phi) is 7.53. The monoisotopic (exact) mass is 211 g/mol. The Morgan fingerprint density at radius 1 is 0.733 bits per heavy atom. The molecule has 1 aliphatic rings. The molecule has 1 N–H and O–H groups in total. The summed E-state index contributed by atoms with van der Waals surface area (Å²) in [6.07, 6.45) is 12.5. The van der Waals surface area contributed by atoms with Crippen molar-refractivity contribution in [1.29, 1.82) is 0 Å². The van der Waals surface area contributed by atoms with Crippen LogP contribution in [0.5, 0.6) is 0 Å². The van der Waals surface area contributed by atoms with Crippen LogP contribution in [0.25, 0.3) is 0 Å². The van der Waals surface area contributed by atoms with Gasteiger partial charge in [-0.1, -0.05) is 44.9 Å². The number of hydrogen-bond donors (Lipinski definition) is 1. The fraction of sp³-hybridized carbons (Fsp3) is 0.923. The minimum absolute atomic E-state index is 0.395. The molecule has 1 saturated heterocycles. The lowest BCUT2D eigenvalue weighted by molar-refractivity contribution is -0.118. The zero-order valence-electron chi connectivity index (χ0n) is 9.89. The number of ketones is 1. The number of hydrogen-bond acceptors (Lipinski definition) is 2. The van der Waals surface area contributed by atoms with E-state index in [1.807, 2.05) is 0 Å². The summed E-state index contributed by atoms with van der Waals surface area (Å²) in [6, 6.07) is 0. The van der Waals surface area contributed by atoms with Gasteiger partial charge in [0, 0.05) is 6.42 Å². The lowest BCUT2D eigenvalue weighted by Gasteiger charge is -2.06. The van der Waals surface area contributed by atoms with E-state index in [1.165, 1.54) is 51.4 Å². The van der Waals surface area contributed by atoms with Crippen molar-refractivity contribution >= 4 is 5.78 Å². The van der Waals surface area contributed by atoms with Crippen LogP contribution in [-0.2, 0) is 4.79 Å². The van der Waals surface area contributed by atoms with Crippen LogP contribution >= 0.6 is 0 Å². The van der Waals surface area contributed by atoms with Gasteiger partial charge in [0.25, 0.3) is 0 Å². The molecule has 0 unspecified atom stereocenters. The van der Waals surface area contributed by atoms with Gasteiger partial charge in [-0.2, -0.15) is 0 Å². The highest BCUT2D eigenvalue weighted by Crippen LogP contribution is 2.11. The second-order valence-electron chi connectivity index (χ2n) is 4.65. The van der Waals surface area contributed by atoms with E-state index >= 15 is 0 Å².